The minimum absolute atomic E-state index is 0.495. The molecule has 4 heteroatoms. The van der Waals surface area contributed by atoms with Crippen LogP contribution in [-0.2, 0) is 6.42 Å². The zero-order chi connectivity index (χ0) is 13.7. The monoisotopic (exact) mass is 267 g/mol. The summed E-state index contributed by atoms with van der Waals surface area (Å²) in [5.41, 5.74) is 10.3. The highest BCUT2D eigenvalue weighted by atomic mass is 16.5. The predicted molar refractivity (Wildman–Crippen MR) is 77.8 cm³/mol. The molecule has 0 radical (unpaired) electrons. The summed E-state index contributed by atoms with van der Waals surface area (Å²) in [6.07, 6.45) is 3.31. The van der Waals surface area contributed by atoms with Crippen molar-refractivity contribution in [1.82, 2.24) is 9.97 Å². The summed E-state index contributed by atoms with van der Waals surface area (Å²) >= 11 is 0. The first-order valence-corrected chi connectivity index (χ1v) is 7.13. The first kappa shape index (κ1) is 11.7. The molecule has 0 saturated heterocycles. The van der Waals surface area contributed by atoms with Crippen LogP contribution < -0.4 is 10.5 Å². The average molecular weight is 267 g/mol. The van der Waals surface area contributed by atoms with E-state index in [1.165, 1.54) is 18.4 Å². The summed E-state index contributed by atoms with van der Waals surface area (Å²) in [6, 6.07) is 6.25. The van der Waals surface area contributed by atoms with E-state index in [-0.39, 0.29) is 0 Å². The Bertz CT molecular complexity index is 692. The molecule has 1 saturated carbocycles. The molecule has 0 amide bonds. The van der Waals surface area contributed by atoms with E-state index in [9.17, 15) is 0 Å². The number of ether oxygens (including phenoxy) is 1. The molecule has 0 unspecified atom stereocenters. The molecule has 1 aromatic heterocycles. The molecule has 0 atom stereocenters. The number of fused-ring (bicyclic) bond motifs is 1. The Morgan fingerprint density at radius 1 is 1.25 bits per heavy atom. The number of hydrogen-bond acceptors (Lipinski definition) is 4. The lowest BCUT2D eigenvalue weighted by Crippen LogP contribution is -2.04. The van der Waals surface area contributed by atoms with Crippen LogP contribution in [0.3, 0.4) is 0 Å². The summed E-state index contributed by atoms with van der Waals surface area (Å²) in [6.45, 7) is 2.73. The largest absolute Gasteiger partial charge is 0.492 e. The fraction of sp³-hybridized carbons (Fsp3) is 0.375. The molecule has 4 rings (SSSR count). The summed E-state index contributed by atoms with van der Waals surface area (Å²) in [4.78, 5) is 9.21. The van der Waals surface area contributed by atoms with Gasteiger partial charge in [-0.25, -0.2) is 9.97 Å². The Morgan fingerprint density at radius 2 is 2.10 bits per heavy atom. The molecular weight excluding hydrogens is 250 g/mol. The average Bonchev–Trinajstić information content (AvgIpc) is 3.19. The highest BCUT2D eigenvalue weighted by Gasteiger charge is 2.29. The van der Waals surface area contributed by atoms with E-state index in [0.29, 0.717) is 11.7 Å². The van der Waals surface area contributed by atoms with Crippen molar-refractivity contribution in [2.24, 2.45) is 0 Å². The molecule has 2 N–H and O–H groups in total. The molecular formula is C16H17N3O. The maximum Gasteiger partial charge on any atom is 0.134 e. The van der Waals surface area contributed by atoms with E-state index in [0.717, 1.165) is 41.4 Å². The lowest BCUT2D eigenvalue weighted by Gasteiger charge is -2.12. The van der Waals surface area contributed by atoms with Crippen molar-refractivity contribution in [3.63, 3.8) is 0 Å². The smallest absolute Gasteiger partial charge is 0.134 e. The van der Waals surface area contributed by atoms with Crippen molar-refractivity contribution in [3.8, 4) is 17.0 Å². The first-order valence-electron chi connectivity index (χ1n) is 7.13. The van der Waals surface area contributed by atoms with Crippen LogP contribution in [-0.4, -0.2) is 16.6 Å². The van der Waals surface area contributed by atoms with Crippen LogP contribution in [0.5, 0.6) is 5.75 Å². The number of benzene rings is 1. The molecule has 0 bridgehead atoms. The summed E-state index contributed by atoms with van der Waals surface area (Å²) in [7, 11) is 0. The lowest BCUT2D eigenvalue weighted by molar-refractivity contribution is 0.358. The van der Waals surface area contributed by atoms with Gasteiger partial charge in [0.25, 0.3) is 0 Å². The second-order valence-electron chi connectivity index (χ2n) is 5.61. The van der Waals surface area contributed by atoms with Crippen molar-refractivity contribution in [1.29, 1.82) is 0 Å². The zero-order valence-corrected chi connectivity index (χ0v) is 11.5. The normalized spacial score (nSPS) is 16.9. The Morgan fingerprint density at radius 3 is 2.90 bits per heavy atom. The SMILES string of the molecule is Cc1c(N)nc(C2CC2)nc1-c1cccc2c1OCC2. The maximum atomic E-state index is 6.08. The van der Waals surface area contributed by atoms with Gasteiger partial charge in [0.2, 0.25) is 0 Å². The van der Waals surface area contributed by atoms with Crippen molar-refractivity contribution >= 4 is 5.82 Å². The first-order chi connectivity index (χ1) is 9.74. The Labute approximate surface area is 118 Å². The quantitative estimate of drug-likeness (QED) is 0.909. The molecule has 2 heterocycles. The van der Waals surface area contributed by atoms with Crippen molar-refractivity contribution in [2.45, 2.75) is 32.1 Å². The van der Waals surface area contributed by atoms with E-state index in [1.807, 2.05) is 6.92 Å². The van der Waals surface area contributed by atoms with Crippen LogP contribution in [0, 0.1) is 6.92 Å². The van der Waals surface area contributed by atoms with Gasteiger partial charge in [0.05, 0.1) is 12.3 Å². The zero-order valence-electron chi connectivity index (χ0n) is 11.5. The fourth-order valence-corrected chi connectivity index (χ4v) is 2.74. The van der Waals surface area contributed by atoms with Gasteiger partial charge in [0.1, 0.15) is 17.4 Å². The number of para-hydroxylation sites is 1. The van der Waals surface area contributed by atoms with Gasteiger partial charge in [0.15, 0.2) is 0 Å². The molecule has 2 aromatic rings. The van der Waals surface area contributed by atoms with Gasteiger partial charge in [-0.2, -0.15) is 0 Å². The number of rotatable bonds is 2. The number of nitrogens with zero attached hydrogens (tertiary/aromatic N) is 2. The van der Waals surface area contributed by atoms with E-state index < -0.39 is 0 Å². The maximum absolute atomic E-state index is 6.08. The van der Waals surface area contributed by atoms with Crippen molar-refractivity contribution < 1.29 is 4.74 Å². The molecule has 2 aliphatic rings. The van der Waals surface area contributed by atoms with E-state index in [4.69, 9.17) is 15.5 Å². The van der Waals surface area contributed by atoms with Crippen LogP contribution in [0.1, 0.15) is 35.7 Å². The fourth-order valence-electron chi connectivity index (χ4n) is 2.74. The molecule has 1 aliphatic carbocycles. The van der Waals surface area contributed by atoms with Gasteiger partial charge in [-0.05, 0) is 31.4 Å². The third-order valence-corrected chi connectivity index (χ3v) is 4.11. The van der Waals surface area contributed by atoms with Crippen molar-refractivity contribution in [3.05, 3.63) is 35.2 Å². The van der Waals surface area contributed by atoms with Crippen molar-refractivity contribution in [2.75, 3.05) is 12.3 Å². The van der Waals surface area contributed by atoms with E-state index >= 15 is 0 Å². The Kier molecular flexibility index (Phi) is 2.46. The van der Waals surface area contributed by atoms with Crippen LogP contribution in [0.4, 0.5) is 5.82 Å². The molecule has 0 spiro atoms. The molecule has 20 heavy (non-hydrogen) atoms. The molecule has 1 aliphatic heterocycles. The van der Waals surface area contributed by atoms with Crippen LogP contribution in [0.25, 0.3) is 11.3 Å². The van der Waals surface area contributed by atoms with Gasteiger partial charge < -0.3 is 10.5 Å². The van der Waals surface area contributed by atoms with Crippen LogP contribution in [0.2, 0.25) is 0 Å². The van der Waals surface area contributed by atoms with Gasteiger partial charge >= 0.3 is 0 Å². The number of nitrogen functional groups attached to an aromatic ring is 1. The highest BCUT2D eigenvalue weighted by molar-refractivity contribution is 5.75. The van der Waals surface area contributed by atoms with E-state index in [2.05, 4.69) is 23.2 Å². The second kappa shape index (κ2) is 4.20. The topological polar surface area (TPSA) is 61.0 Å². The molecule has 4 nitrogen and oxygen atoms in total. The summed E-state index contributed by atoms with van der Waals surface area (Å²) in [5, 5.41) is 0. The molecule has 102 valence electrons. The Balaban J connectivity index is 1.92. The second-order valence-corrected chi connectivity index (χ2v) is 5.61. The standard InChI is InChI=1S/C16H17N3O/c1-9-13(18-16(11-5-6-11)19-15(9)17)12-4-2-3-10-7-8-20-14(10)12/h2-4,11H,5-8H2,1H3,(H2,17,18,19). The van der Waals surface area contributed by atoms with Gasteiger partial charge in [-0.1, -0.05) is 12.1 Å². The minimum atomic E-state index is 0.495. The van der Waals surface area contributed by atoms with Crippen LogP contribution >= 0.6 is 0 Å². The van der Waals surface area contributed by atoms with Crippen LogP contribution in [0.15, 0.2) is 18.2 Å². The van der Waals surface area contributed by atoms with E-state index in [1.54, 1.807) is 0 Å². The number of aromatic nitrogens is 2. The molecule has 1 aromatic carbocycles. The predicted octanol–water partition coefficient (Wildman–Crippen LogP) is 2.85. The number of anilines is 1. The van der Waals surface area contributed by atoms with Gasteiger partial charge in [-0.3, -0.25) is 0 Å². The lowest BCUT2D eigenvalue weighted by atomic mass is 10.0. The number of nitrogens with two attached hydrogens (primary N) is 1. The summed E-state index contributed by atoms with van der Waals surface area (Å²) in [5.74, 6) is 2.94. The number of hydrogen-bond donors (Lipinski definition) is 1. The minimum Gasteiger partial charge on any atom is -0.492 e. The van der Waals surface area contributed by atoms with Gasteiger partial charge in [-0.15, -0.1) is 0 Å². The third-order valence-electron chi connectivity index (χ3n) is 4.11. The molecule has 1 fully saturated rings. The summed E-state index contributed by atoms with van der Waals surface area (Å²) < 4.78 is 5.79. The Hall–Kier alpha value is -2.10. The highest BCUT2D eigenvalue weighted by Crippen LogP contribution is 2.42. The van der Waals surface area contributed by atoms with Gasteiger partial charge in [0, 0.05) is 23.5 Å². The third kappa shape index (κ3) is 1.75.